The lowest BCUT2D eigenvalue weighted by Crippen LogP contribution is -2.47. The first-order valence-electron chi connectivity index (χ1n) is 29.0. The number of carbonyl (C=O) groups excluding carboxylic acids is 9. The smallest absolute Gasteiger partial charge is 0.311 e. The minimum atomic E-state index is -0.996. The zero-order valence-corrected chi connectivity index (χ0v) is 51.4. The van der Waals surface area contributed by atoms with Crippen LogP contribution in [0.4, 0.5) is 0 Å². The maximum Gasteiger partial charge on any atom is 0.311 e. The molecular formula is C64H89ClN4O14. The number of methoxy groups -OCH3 is 2. The molecule has 0 bridgehead atoms. The number of alkyl halides is 1. The summed E-state index contributed by atoms with van der Waals surface area (Å²) in [6.45, 7) is 17.5. The van der Waals surface area contributed by atoms with E-state index in [2.05, 4.69) is 20.6 Å². The van der Waals surface area contributed by atoms with Crippen molar-refractivity contribution >= 4 is 91.9 Å². The number of rotatable bonds is 25. The zero-order valence-electron chi connectivity index (χ0n) is 50.7. The van der Waals surface area contributed by atoms with Crippen molar-refractivity contribution in [1.29, 1.82) is 0 Å². The highest BCUT2D eigenvalue weighted by atomic mass is 35.5. The Labute approximate surface area is 493 Å². The number of aromatic nitrogens is 2. The number of esters is 1. The number of Topliss-reactive ketones (excluding diaryl/α,β-unsaturated/α-hetero) is 6. The fraction of sp³-hybridized carbons (Fsp3) is 0.594. The lowest BCUT2D eigenvalue weighted by molar-refractivity contribution is -0.156. The minimum Gasteiger partial charge on any atom is -0.496 e. The van der Waals surface area contributed by atoms with Crippen molar-refractivity contribution in [2.45, 2.75) is 171 Å². The van der Waals surface area contributed by atoms with Gasteiger partial charge in [-0.2, -0.15) is 0 Å². The molecule has 2 aliphatic carbocycles. The normalized spacial score (nSPS) is 17.0. The van der Waals surface area contributed by atoms with Gasteiger partial charge in [-0.05, 0) is 141 Å². The Bertz CT molecular complexity index is 2920. The van der Waals surface area contributed by atoms with E-state index in [1.807, 2.05) is 64.1 Å². The molecule has 0 spiro atoms. The summed E-state index contributed by atoms with van der Waals surface area (Å²) in [5, 5.41) is 15.5. The lowest BCUT2D eigenvalue weighted by Gasteiger charge is -2.27. The highest BCUT2D eigenvalue weighted by Gasteiger charge is 2.36. The molecular weight excluding hydrogens is 1080 g/mol. The molecule has 83 heavy (non-hydrogen) atoms. The van der Waals surface area contributed by atoms with Crippen molar-refractivity contribution in [1.82, 2.24) is 20.6 Å². The number of aliphatic carboxylic acids is 1. The quantitative estimate of drug-likeness (QED) is 0.0235. The number of carbonyl (C=O) groups is 10. The predicted molar refractivity (Wildman–Crippen MR) is 319 cm³/mol. The molecule has 0 unspecified atom stereocenters. The number of benzene rings is 2. The van der Waals surface area contributed by atoms with Crippen LogP contribution in [0.15, 0.2) is 48.5 Å². The Balaban J connectivity index is 0.000000322. The van der Waals surface area contributed by atoms with Crippen LogP contribution in [0.25, 0.3) is 21.8 Å². The Morgan fingerprint density at radius 2 is 1.02 bits per heavy atom. The first-order chi connectivity index (χ1) is 39.0. The predicted octanol–water partition coefficient (Wildman–Crippen LogP) is 11.2. The van der Waals surface area contributed by atoms with Gasteiger partial charge in [-0.25, -0.2) is 0 Å². The highest BCUT2D eigenvalue weighted by Crippen LogP contribution is 2.32. The van der Waals surface area contributed by atoms with Crippen LogP contribution in [-0.4, -0.2) is 112 Å². The fourth-order valence-electron chi connectivity index (χ4n) is 10.1. The molecule has 0 saturated heterocycles. The van der Waals surface area contributed by atoms with Gasteiger partial charge in [-0.3, -0.25) is 47.9 Å². The number of halogens is 1. The first-order valence-corrected chi connectivity index (χ1v) is 29.6. The largest absolute Gasteiger partial charge is 0.496 e. The van der Waals surface area contributed by atoms with Gasteiger partial charge in [-0.1, -0.05) is 52.7 Å². The van der Waals surface area contributed by atoms with Crippen LogP contribution in [0, 0.1) is 46.3 Å². The van der Waals surface area contributed by atoms with Crippen molar-refractivity contribution in [3.05, 3.63) is 59.9 Å². The first kappa shape index (κ1) is 68.8. The van der Waals surface area contributed by atoms with Gasteiger partial charge in [-0.15, -0.1) is 11.6 Å². The van der Waals surface area contributed by atoms with Gasteiger partial charge in [0.15, 0.2) is 29.7 Å². The molecule has 19 heteroatoms. The van der Waals surface area contributed by atoms with Gasteiger partial charge in [0.05, 0.1) is 54.4 Å². The molecule has 2 aliphatic rings. The second kappa shape index (κ2) is 31.8. The summed E-state index contributed by atoms with van der Waals surface area (Å²) in [5.41, 5.74) is 0.953. The number of carboxylic acid groups (broad SMARTS) is 1. The molecule has 2 saturated carbocycles. The summed E-state index contributed by atoms with van der Waals surface area (Å²) < 4.78 is 16.0. The summed E-state index contributed by atoms with van der Waals surface area (Å²) in [6.07, 6.45) is 7.14. The maximum atomic E-state index is 13.6. The van der Waals surface area contributed by atoms with E-state index in [-0.39, 0.29) is 90.1 Å². The Morgan fingerprint density at radius 3 is 1.36 bits per heavy atom. The summed E-state index contributed by atoms with van der Waals surface area (Å²) >= 11 is 5.82. The van der Waals surface area contributed by atoms with Crippen LogP contribution in [0.1, 0.15) is 180 Å². The molecule has 5 N–H and O–H groups in total. The van der Waals surface area contributed by atoms with E-state index in [1.165, 1.54) is 0 Å². The van der Waals surface area contributed by atoms with Gasteiger partial charge >= 0.3 is 11.9 Å². The SMILES string of the molecule is CC(C)(C)C(=O)O.COc1cccc2[nH]c(C(=O)C[C@@H](CC(C)C)C(=O)N[C@@H](C[C@@H]3CCCCC3=O)C(=O)CCl)cc12.COc1cccc2[nH]c(C(=O)C[C@@H](CC(C)C)C(=O)N[C@@H](C[C@@H]3CCCCC3=O)C(=O)COC(=O)C(C)(C)C)cc12. The molecule has 0 aliphatic heterocycles. The van der Waals surface area contributed by atoms with Crippen molar-refractivity contribution in [2.75, 3.05) is 26.7 Å². The van der Waals surface area contributed by atoms with Crippen molar-refractivity contribution in [3.8, 4) is 11.5 Å². The average molecular weight is 1170 g/mol. The molecule has 2 aromatic heterocycles. The number of aromatic amines is 2. The molecule has 2 fully saturated rings. The Kier molecular flexibility index (Phi) is 26.4. The van der Waals surface area contributed by atoms with Gasteiger partial charge in [0.2, 0.25) is 11.8 Å². The van der Waals surface area contributed by atoms with E-state index in [1.54, 1.807) is 67.9 Å². The van der Waals surface area contributed by atoms with Crippen molar-refractivity contribution in [2.24, 2.45) is 46.3 Å². The van der Waals surface area contributed by atoms with Crippen LogP contribution < -0.4 is 20.1 Å². The van der Waals surface area contributed by atoms with E-state index in [0.717, 1.165) is 53.9 Å². The molecule has 6 rings (SSSR count). The summed E-state index contributed by atoms with van der Waals surface area (Å²) in [4.78, 5) is 133. The van der Waals surface area contributed by atoms with E-state index in [4.69, 9.17) is 30.9 Å². The van der Waals surface area contributed by atoms with Crippen LogP contribution >= 0.6 is 11.6 Å². The minimum absolute atomic E-state index is 0.00327. The fourth-order valence-corrected chi connectivity index (χ4v) is 10.3. The summed E-state index contributed by atoms with van der Waals surface area (Å²) in [7, 11) is 3.14. The van der Waals surface area contributed by atoms with E-state index in [9.17, 15) is 47.9 Å². The Morgan fingerprint density at radius 1 is 0.627 bits per heavy atom. The number of amides is 2. The second-order valence-corrected chi connectivity index (χ2v) is 25.2. The third-order valence-corrected chi connectivity index (χ3v) is 15.2. The van der Waals surface area contributed by atoms with Gasteiger partial charge in [0, 0.05) is 71.2 Å². The number of nitrogens with one attached hydrogen (secondary N) is 4. The molecule has 456 valence electrons. The maximum absolute atomic E-state index is 13.6. The van der Waals surface area contributed by atoms with Crippen LogP contribution in [-0.2, 0) is 43.1 Å². The van der Waals surface area contributed by atoms with Gasteiger partial charge < -0.3 is 39.9 Å². The molecule has 0 radical (unpaired) electrons. The third kappa shape index (κ3) is 21.2. The number of fused-ring (bicyclic) bond motifs is 2. The molecule has 2 heterocycles. The number of ether oxygens (including phenoxy) is 3. The van der Waals surface area contributed by atoms with E-state index in [0.29, 0.717) is 55.0 Å². The zero-order chi connectivity index (χ0) is 61.9. The standard InChI is InChI=1S/C32H44N2O7.C27H35ClN2O5.C5H10O2/c1-19(2)14-21(16-27(36)25-17-22-23(33-25)11-9-13-29(22)40-6)30(38)34-24(15-20-10-7-8-12-26(20)35)28(37)18-41-31(39)32(3,4)5;1-16(2)11-18(13-24(32)22-14-19-20(29-22)8-6-10-26(19)35-3)27(34)30-21(25(33)15-28)12-17-7-4-5-9-23(17)31;1-5(2,3)4(6)7/h9,11,13,17,19-21,24,33H,7-8,10,12,14-16,18H2,1-6H3,(H,34,38);6,8,10,14,16-18,21,29H,4-5,7,9,11-13,15H2,1-3H3,(H,30,34);1-3H3,(H,6,7)/t20-,21+,24-;17-,18+,21-;/m00./s1. The number of H-pyrrole nitrogens is 2. The number of ketones is 6. The van der Waals surface area contributed by atoms with Gasteiger partial charge in [0.25, 0.3) is 0 Å². The summed E-state index contributed by atoms with van der Waals surface area (Å²) in [6, 6.07) is 12.7. The van der Waals surface area contributed by atoms with Crippen LogP contribution in [0.3, 0.4) is 0 Å². The second-order valence-electron chi connectivity index (χ2n) is 25.0. The van der Waals surface area contributed by atoms with Gasteiger partial charge in [0.1, 0.15) is 23.1 Å². The van der Waals surface area contributed by atoms with E-state index < -0.39 is 65.0 Å². The molecule has 2 amide bonds. The molecule has 6 atom stereocenters. The molecule has 18 nitrogen and oxygen atoms in total. The van der Waals surface area contributed by atoms with Crippen molar-refractivity contribution in [3.63, 3.8) is 0 Å². The topological polar surface area (TPSA) is 274 Å². The monoisotopic (exact) mass is 1170 g/mol. The van der Waals surface area contributed by atoms with Crippen molar-refractivity contribution < 1.29 is 67.3 Å². The molecule has 4 aromatic rings. The number of carboxylic acids is 1. The average Bonchev–Trinajstić information content (AvgIpc) is 4.22. The number of hydrogen-bond acceptors (Lipinski definition) is 13. The summed E-state index contributed by atoms with van der Waals surface area (Å²) in [5.74, 6) is -3.57. The van der Waals surface area contributed by atoms with E-state index >= 15 is 0 Å². The van der Waals surface area contributed by atoms with Crippen LogP contribution in [0.2, 0.25) is 0 Å². The molecule has 2 aromatic carbocycles. The lowest BCUT2D eigenvalue weighted by atomic mass is 9.82. The third-order valence-electron chi connectivity index (χ3n) is 15.0. The Hall–Kier alpha value is -6.69. The van der Waals surface area contributed by atoms with Crippen LogP contribution in [0.5, 0.6) is 11.5 Å². The number of hydrogen-bond donors (Lipinski definition) is 5. The highest BCUT2D eigenvalue weighted by molar-refractivity contribution is 6.28.